The maximum absolute atomic E-state index is 12.6. The predicted molar refractivity (Wildman–Crippen MR) is 81.3 cm³/mol. The molecular formula is C14H13N5O5. The third kappa shape index (κ3) is 2.93. The summed E-state index contributed by atoms with van der Waals surface area (Å²) in [6, 6.07) is 3.67. The summed E-state index contributed by atoms with van der Waals surface area (Å²) in [4.78, 5) is 46.3. The van der Waals surface area contributed by atoms with E-state index in [0.717, 1.165) is 4.68 Å². The highest BCUT2D eigenvalue weighted by Crippen LogP contribution is 2.18. The average Bonchev–Trinajstić information content (AvgIpc) is 2.54. The first-order valence-electron chi connectivity index (χ1n) is 7.14. The highest BCUT2D eigenvalue weighted by Gasteiger charge is 2.30. The van der Waals surface area contributed by atoms with Crippen molar-refractivity contribution in [3.05, 3.63) is 28.6 Å². The van der Waals surface area contributed by atoms with Crippen molar-refractivity contribution in [2.24, 2.45) is 0 Å². The number of aromatic nitrogens is 3. The van der Waals surface area contributed by atoms with Gasteiger partial charge in [-0.2, -0.15) is 4.68 Å². The summed E-state index contributed by atoms with van der Waals surface area (Å²) in [5.74, 6) is -2.02. The van der Waals surface area contributed by atoms with E-state index in [1.165, 1.54) is 12.1 Å². The van der Waals surface area contributed by atoms with Crippen LogP contribution in [0.2, 0.25) is 0 Å². The van der Waals surface area contributed by atoms with Crippen LogP contribution in [0.4, 0.5) is 5.69 Å². The number of anilines is 1. The van der Waals surface area contributed by atoms with Crippen LogP contribution in [-0.2, 0) is 14.4 Å². The average molecular weight is 331 g/mol. The van der Waals surface area contributed by atoms with E-state index in [-0.39, 0.29) is 24.8 Å². The third-order valence-corrected chi connectivity index (χ3v) is 3.63. The molecular weight excluding hydrogens is 318 g/mol. The fourth-order valence-corrected chi connectivity index (χ4v) is 2.46. The van der Waals surface area contributed by atoms with E-state index in [1.54, 1.807) is 6.07 Å². The Hall–Kier alpha value is -3.30. The molecule has 3 N–H and O–H groups in total. The topological polar surface area (TPSA) is 143 Å². The van der Waals surface area contributed by atoms with Crippen LogP contribution in [0.5, 0.6) is 0 Å². The van der Waals surface area contributed by atoms with E-state index in [9.17, 15) is 19.2 Å². The lowest BCUT2D eigenvalue weighted by atomic mass is 10.1. The number of imide groups is 1. The number of fused-ring (bicyclic) bond motifs is 1. The molecule has 0 bridgehead atoms. The van der Waals surface area contributed by atoms with E-state index in [2.05, 4.69) is 20.9 Å². The van der Waals surface area contributed by atoms with Gasteiger partial charge in [0.05, 0.1) is 5.39 Å². The first-order valence-corrected chi connectivity index (χ1v) is 7.14. The molecule has 1 aliphatic rings. The summed E-state index contributed by atoms with van der Waals surface area (Å²) in [5, 5.41) is 21.4. The molecule has 0 aliphatic carbocycles. The Morgan fingerprint density at radius 1 is 1.38 bits per heavy atom. The molecule has 1 aliphatic heterocycles. The van der Waals surface area contributed by atoms with Crippen LogP contribution in [0.3, 0.4) is 0 Å². The first kappa shape index (κ1) is 15.6. The largest absolute Gasteiger partial charge is 0.480 e. The van der Waals surface area contributed by atoms with E-state index in [1.807, 2.05) is 0 Å². The minimum absolute atomic E-state index is 0.114. The van der Waals surface area contributed by atoms with Crippen LogP contribution < -0.4 is 16.2 Å². The summed E-state index contributed by atoms with van der Waals surface area (Å²) < 4.78 is 0.949. The van der Waals surface area contributed by atoms with Gasteiger partial charge >= 0.3 is 5.97 Å². The number of carbonyl (C=O) groups is 3. The zero-order valence-corrected chi connectivity index (χ0v) is 12.4. The highest BCUT2D eigenvalue weighted by molar-refractivity contribution is 5.99. The molecule has 1 aromatic heterocycles. The smallest absolute Gasteiger partial charge is 0.322 e. The van der Waals surface area contributed by atoms with Gasteiger partial charge in [0, 0.05) is 12.1 Å². The second kappa shape index (κ2) is 6.07. The molecule has 3 rings (SSSR count). The molecule has 24 heavy (non-hydrogen) atoms. The number of benzene rings is 1. The molecule has 1 fully saturated rings. The molecule has 0 saturated carbocycles. The van der Waals surface area contributed by atoms with Crippen molar-refractivity contribution in [3.8, 4) is 0 Å². The molecule has 1 atom stereocenters. The van der Waals surface area contributed by atoms with Gasteiger partial charge in [-0.05, 0) is 24.6 Å². The Kier molecular flexibility index (Phi) is 3.94. The fourth-order valence-electron chi connectivity index (χ4n) is 2.46. The van der Waals surface area contributed by atoms with Gasteiger partial charge in [0.2, 0.25) is 5.91 Å². The molecule has 124 valence electrons. The van der Waals surface area contributed by atoms with E-state index in [4.69, 9.17) is 5.11 Å². The zero-order chi connectivity index (χ0) is 17.3. The van der Waals surface area contributed by atoms with Crippen LogP contribution in [-0.4, -0.2) is 44.4 Å². The third-order valence-electron chi connectivity index (χ3n) is 3.63. The van der Waals surface area contributed by atoms with Gasteiger partial charge in [-0.1, -0.05) is 5.21 Å². The number of carboxylic acids is 1. The molecule has 1 aromatic carbocycles. The standard InChI is InChI=1S/C14H13N5O5/c20-11-4-3-10(13(23)16-11)19-14(24)8-5-7(15-6-12(21)22)1-2-9(8)17-18-19/h1-2,5,10,15H,3-4,6H2,(H,21,22)(H,16,20,23). The van der Waals surface area contributed by atoms with Gasteiger partial charge in [-0.25, -0.2) is 0 Å². The molecule has 1 saturated heterocycles. The number of aliphatic carboxylic acids is 1. The fraction of sp³-hybridized carbons (Fsp3) is 0.286. The van der Waals surface area contributed by atoms with E-state index < -0.39 is 29.4 Å². The minimum atomic E-state index is -1.04. The van der Waals surface area contributed by atoms with Crippen molar-refractivity contribution in [2.75, 3.05) is 11.9 Å². The van der Waals surface area contributed by atoms with Gasteiger partial charge in [0.15, 0.2) is 0 Å². The van der Waals surface area contributed by atoms with Gasteiger partial charge in [0.1, 0.15) is 18.1 Å². The molecule has 2 amide bonds. The summed E-state index contributed by atoms with van der Waals surface area (Å²) in [7, 11) is 0. The van der Waals surface area contributed by atoms with Crippen molar-refractivity contribution in [2.45, 2.75) is 18.9 Å². The number of amides is 2. The van der Waals surface area contributed by atoms with E-state index >= 15 is 0 Å². The molecule has 0 radical (unpaired) electrons. The van der Waals surface area contributed by atoms with E-state index in [0.29, 0.717) is 11.2 Å². The summed E-state index contributed by atoms with van der Waals surface area (Å²) in [6.45, 7) is -0.300. The van der Waals surface area contributed by atoms with Crippen molar-refractivity contribution in [3.63, 3.8) is 0 Å². The highest BCUT2D eigenvalue weighted by atomic mass is 16.4. The molecule has 2 heterocycles. The van der Waals surface area contributed by atoms with Gasteiger partial charge in [-0.15, -0.1) is 5.10 Å². The lowest BCUT2D eigenvalue weighted by Gasteiger charge is -2.21. The Labute approximate surface area is 134 Å². The quantitative estimate of drug-likeness (QED) is 0.622. The summed E-state index contributed by atoms with van der Waals surface area (Å²) in [5.41, 5.74) is 0.225. The Morgan fingerprint density at radius 2 is 2.17 bits per heavy atom. The number of nitrogens with zero attached hydrogens (tertiary/aromatic N) is 3. The number of rotatable bonds is 4. The number of carbonyl (C=O) groups excluding carboxylic acids is 2. The van der Waals surface area contributed by atoms with Gasteiger partial charge in [0.25, 0.3) is 11.5 Å². The lowest BCUT2D eigenvalue weighted by molar-refractivity contribution is -0.136. The molecule has 1 unspecified atom stereocenters. The van der Waals surface area contributed by atoms with Crippen molar-refractivity contribution >= 4 is 34.4 Å². The first-order chi connectivity index (χ1) is 11.5. The maximum atomic E-state index is 12.6. The summed E-state index contributed by atoms with van der Waals surface area (Å²) >= 11 is 0. The second-order valence-electron chi connectivity index (χ2n) is 5.29. The second-order valence-corrected chi connectivity index (χ2v) is 5.29. The Bertz CT molecular complexity index is 906. The zero-order valence-electron chi connectivity index (χ0n) is 12.4. The number of hydrogen-bond donors (Lipinski definition) is 3. The number of hydrogen-bond acceptors (Lipinski definition) is 7. The van der Waals surface area contributed by atoms with Crippen LogP contribution in [0, 0.1) is 0 Å². The van der Waals surface area contributed by atoms with Crippen LogP contribution >= 0.6 is 0 Å². The predicted octanol–water partition coefficient (Wildman–Crippen LogP) is -0.734. The van der Waals surface area contributed by atoms with Crippen LogP contribution in [0.1, 0.15) is 18.9 Å². The van der Waals surface area contributed by atoms with Gasteiger partial charge < -0.3 is 10.4 Å². The Morgan fingerprint density at radius 3 is 2.88 bits per heavy atom. The summed E-state index contributed by atoms with van der Waals surface area (Å²) in [6.07, 6.45) is 0.282. The number of piperidine rings is 1. The molecule has 2 aromatic rings. The van der Waals surface area contributed by atoms with Crippen molar-refractivity contribution < 1.29 is 19.5 Å². The molecule has 10 nitrogen and oxygen atoms in total. The molecule has 10 heteroatoms. The van der Waals surface area contributed by atoms with Crippen LogP contribution in [0.15, 0.2) is 23.0 Å². The van der Waals surface area contributed by atoms with Crippen molar-refractivity contribution in [1.82, 2.24) is 20.3 Å². The van der Waals surface area contributed by atoms with Crippen molar-refractivity contribution in [1.29, 1.82) is 0 Å². The SMILES string of the molecule is O=C(O)CNc1ccc2nnn(C3CCC(=O)NC3=O)c(=O)c2c1. The lowest BCUT2D eigenvalue weighted by Crippen LogP contribution is -2.45. The molecule has 0 spiro atoms. The normalized spacial score (nSPS) is 17.6. The number of nitrogens with one attached hydrogen (secondary N) is 2. The van der Waals surface area contributed by atoms with Gasteiger partial charge in [-0.3, -0.25) is 24.5 Å². The number of carboxylic acid groups (broad SMARTS) is 1. The minimum Gasteiger partial charge on any atom is -0.480 e. The maximum Gasteiger partial charge on any atom is 0.322 e. The Balaban J connectivity index is 1.99. The monoisotopic (exact) mass is 331 g/mol. The van der Waals surface area contributed by atoms with Crippen LogP contribution in [0.25, 0.3) is 10.9 Å².